The number of aliphatic hydroxyl groups excluding tert-OH is 1. The number of aliphatic hydroxyl groups is 1. The van der Waals surface area contributed by atoms with Crippen LogP contribution in [-0.4, -0.2) is 35.2 Å². The third-order valence-corrected chi connectivity index (χ3v) is 5.33. The first-order chi connectivity index (χ1) is 13.3. The van der Waals surface area contributed by atoms with Crippen LogP contribution in [-0.2, 0) is 5.41 Å². The van der Waals surface area contributed by atoms with E-state index in [4.69, 9.17) is 0 Å². The molecule has 148 valence electrons. The molecule has 0 fully saturated rings. The fourth-order valence-corrected chi connectivity index (χ4v) is 3.46. The number of pyridine rings is 1. The van der Waals surface area contributed by atoms with Gasteiger partial charge in [-0.25, -0.2) is 13.8 Å². The van der Waals surface area contributed by atoms with E-state index in [1.165, 1.54) is 23.6 Å². The maximum Gasteiger partial charge on any atom is 0.141 e. The normalized spacial score (nSPS) is 17.1. The van der Waals surface area contributed by atoms with Crippen LogP contribution in [0.15, 0.2) is 54.6 Å². The molecule has 4 unspecified atom stereocenters. The van der Waals surface area contributed by atoms with E-state index < -0.39 is 30.5 Å². The molecule has 2 aromatic carbocycles. The van der Waals surface area contributed by atoms with E-state index in [0.29, 0.717) is 5.56 Å². The van der Waals surface area contributed by atoms with Crippen molar-refractivity contribution in [3.8, 4) is 11.3 Å². The van der Waals surface area contributed by atoms with Crippen molar-refractivity contribution < 1.29 is 18.3 Å². The smallest absolute Gasteiger partial charge is 0.141 e. The maximum absolute atomic E-state index is 14.2. The molecule has 5 heteroatoms. The van der Waals surface area contributed by atoms with Crippen molar-refractivity contribution in [2.24, 2.45) is 0 Å². The summed E-state index contributed by atoms with van der Waals surface area (Å²) in [4.78, 5) is 4.35. The topological polar surface area (TPSA) is 33.1 Å². The van der Waals surface area contributed by atoms with Crippen molar-refractivity contribution in [2.45, 2.75) is 44.6 Å². The van der Waals surface area contributed by atoms with Gasteiger partial charge >= 0.3 is 0 Å². The third-order valence-electron chi connectivity index (χ3n) is 5.33. The molecule has 1 heterocycles. The Balaban J connectivity index is 0.000000185. The van der Waals surface area contributed by atoms with Crippen molar-refractivity contribution in [3.05, 3.63) is 65.7 Å². The van der Waals surface area contributed by atoms with Crippen LogP contribution in [0.3, 0.4) is 0 Å². The lowest BCUT2D eigenvalue weighted by atomic mass is 9.75. The van der Waals surface area contributed by atoms with Gasteiger partial charge in [-0.1, -0.05) is 49.4 Å². The number of alkyl halides is 3. The molecule has 4 atom stereocenters. The zero-order valence-electron chi connectivity index (χ0n) is 16.2. The van der Waals surface area contributed by atoms with Gasteiger partial charge in [0.15, 0.2) is 0 Å². The minimum absolute atomic E-state index is 0.458. The van der Waals surface area contributed by atoms with Crippen molar-refractivity contribution >= 4 is 10.9 Å². The summed E-state index contributed by atoms with van der Waals surface area (Å²) in [7, 11) is 0. The van der Waals surface area contributed by atoms with Crippen LogP contribution in [0.4, 0.5) is 13.2 Å². The summed E-state index contributed by atoms with van der Waals surface area (Å²) in [6, 6.07) is 17.1. The standard InChI is InChI=1S/C14H19F3O.C9H5N/c1-9-6-4-5-7-11(9)14(3,8-15)13(17)12(18)10(2)16;1-2-4-8-6(3-1)7-5-9(7)10-8/h4-7,10,12-13,18H,8H2,1-3H3;1-5H. The van der Waals surface area contributed by atoms with E-state index in [1.807, 2.05) is 6.07 Å². The van der Waals surface area contributed by atoms with Crippen molar-refractivity contribution in [1.29, 1.82) is 0 Å². The number of nitrogens with zero attached hydrogens (tertiary/aromatic N) is 1. The molecule has 0 amide bonds. The van der Waals surface area contributed by atoms with E-state index in [2.05, 4.69) is 29.2 Å². The van der Waals surface area contributed by atoms with Crippen molar-refractivity contribution in [2.75, 3.05) is 6.67 Å². The first kappa shape index (κ1) is 20.3. The largest absolute Gasteiger partial charge is 0.387 e. The summed E-state index contributed by atoms with van der Waals surface area (Å²) < 4.78 is 40.6. The van der Waals surface area contributed by atoms with E-state index in [1.54, 1.807) is 31.2 Å². The first-order valence-corrected chi connectivity index (χ1v) is 9.28. The zero-order chi connectivity index (χ0) is 20.5. The van der Waals surface area contributed by atoms with Gasteiger partial charge in [-0.3, -0.25) is 4.39 Å². The summed E-state index contributed by atoms with van der Waals surface area (Å²) in [5, 5.41) is 10.8. The van der Waals surface area contributed by atoms with Crippen LogP contribution >= 0.6 is 0 Å². The van der Waals surface area contributed by atoms with Crippen molar-refractivity contribution in [1.82, 2.24) is 4.98 Å². The Hall–Kier alpha value is -2.40. The highest BCUT2D eigenvalue weighted by molar-refractivity contribution is 6.04. The molecule has 0 bridgehead atoms. The van der Waals surface area contributed by atoms with Gasteiger partial charge in [-0.2, -0.15) is 0 Å². The monoisotopic (exact) mass is 387 g/mol. The molecule has 0 saturated heterocycles. The number of rotatable bonds is 5. The highest BCUT2D eigenvalue weighted by atomic mass is 19.2. The van der Waals surface area contributed by atoms with Gasteiger partial charge in [0, 0.05) is 10.9 Å². The second-order valence-corrected chi connectivity index (χ2v) is 7.51. The lowest BCUT2D eigenvalue weighted by Crippen LogP contribution is -2.47. The molecular formula is C23H24F3NO. The summed E-state index contributed by atoms with van der Waals surface area (Å²) in [6.07, 6.45) is -5.57. The lowest BCUT2D eigenvalue weighted by molar-refractivity contribution is -0.0203. The number of hydrogen-bond acceptors (Lipinski definition) is 2. The number of aromatic nitrogens is 1. The molecule has 2 aromatic rings. The number of para-hydroxylation sites is 1. The van der Waals surface area contributed by atoms with Gasteiger partial charge < -0.3 is 5.11 Å². The SMILES string of the molecule is Cc1ccccc1C(C)(CF)C(F)C(O)C(C)F.c1ccc2c3cc-3nc2c1. The molecule has 2 aliphatic rings. The van der Waals surface area contributed by atoms with Gasteiger partial charge in [0.25, 0.3) is 0 Å². The Kier molecular flexibility index (Phi) is 5.75. The van der Waals surface area contributed by atoms with E-state index in [9.17, 15) is 18.3 Å². The van der Waals surface area contributed by atoms with Gasteiger partial charge in [0.2, 0.25) is 0 Å². The van der Waals surface area contributed by atoms with Gasteiger partial charge in [0.1, 0.15) is 25.1 Å². The Morgan fingerprint density at radius 3 is 2.32 bits per heavy atom. The third kappa shape index (κ3) is 3.76. The summed E-state index contributed by atoms with van der Waals surface area (Å²) in [5.74, 6) is 0. The number of halogens is 3. The maximum atomic E-state index is 14.2. The van der Waals surface area contributed by atoms with Crippen LogP contribution < -0.4 is 0 Å². The van der Waals surface area contributed by atoms with E-state index in [0.717, 1.165) is 18.0 Å². The van der Waals surface area contributed by atoms with Gasteiger partial charge in [-0.05, 0) is 37.1 Å². The summed E-state index contributed by atoms with van der Waals surface area (Å²) in [5.41, 5.74) is 3.30. The molecule has 2 nitrogen and oxygen atoms in total. The van der Waals surface area contributed by atoms with E-state index in [-0.39, 0.29) is 0 Å². The average molecular weight is 387 g/mol. The van der Waals surface area contributed by atoms with Crippen LogP contribution in [0.5, 0.6) is 0 Å². The molecule has 0 saturated carbocycles. The lowest BCUT2D eigenvalue weighted by Gasteiger charge is -2.35. The Morgan fingerprint density at radius 1 is 1.07 bits per heavy atom. The van der Waals surface area contributed by atoms with Gasteiger partial charge in [0.05, 0.1) is 16.6 Å². The van der Waals surface area contributed by atoms with Crippen LogP contribution in [0, 0.1) is 6.92 Å². The Morgan fingerprint density at radius 2 is 1.71 bits per heavy atom. The number of aryl methyl sites for hydroxylation is 1. The number of hydrogen-bond donors (Lipinski definition) is 1. The summed E-state index contributed by atoms with van der Waals surface area (Å²) >= 11 is 0. The Bertz CT molecular complexity index is 975. The molecular weight excluding hydrogens is 363 g/mol. The fraction of sp³-hybridized carbons (Fsp3) is 0.348. The number of fused-ring (bicyclic) bond motifs is 3. The van der Waals surface area contributed by atoms with Crippen LogP contribution in [0.1, 0.15) is 25.0 Å². The molecule has 4 rings (SSSR count). The zero-order valence-corrected chi connectivity index (χ0v) is 16.2. The second-order valence-electron chi connectivity index (χ2n) is 7.51. The molecule has 1 aliphatic carbocycles. The molecule has 0 radical (unpaired) electrons. The molecule has 0 spiro atoms. The van der Waals surface area contributed by atoms with Gasteiger partial charge in [-0.15, -0.1) is 0 Å². The number of benzene rings is 2. The molecule has 28 heavy (non-hydrogen) atoms. The quantitative estimate of drug-likeness (QED) is 0.491. The van der Waals surface area contributed by atoms with E-state index >= 15 is 0 Å². The first-order valence-electron chi connectivity index (χ1n) is 9.28. The molecule has 1 N–H and O–H groups in total. The predicted octanol–water partition coefficient (Wildman–Crippen LogP) is 5.49. The minimum Gasteiger partial charge on any atom is -0.387 e. The highest BCUT2D eigenvalue weighted by Gasteiger charge is 2.43. The molecule has 1 aliphatic heterocycles. The highest BCUT2D eigenvalue weighted by Crippen LogP contribution is 2.39. The predicted molar refractivity (Wildman–Crippen MR) is 107 cm³/mol. The summed E-state index contributed by atoms with van der Waals surface area (Å²) in [6.45, 7) is 3.17. The fourth-order valence-electron chi connectivity index (χ4n) is 3.46. The molecule has 0 aromatic heterocycles. The van der Waals surface area contributed by atoms with Crippen LogP contribution in [0.2, 0.25) is 0 Å². The minimum atomic E-state index is -2.00. The Labute approximate surface area is 163 Å². The average Bonchev–Trinajstić information content (AvgIpc) is 3.38. The van der Waals surface area contributed by atoms with Crippen LogP contribution in [0.25, 0.3) is 22.2 Å². The second kappa shape index (κ2) is 7.92. The van der Waals surface area contributed by atoms with Crippen molar-refractivity contribution in [3.63, 3.8) is 0 Å².